The van der Waals surface area contributed by atoms with Gasteiger partial charge in [-0.25, -0.2) is 4.79 Å². The van der Waals surface area contributed by atoms with E-state index in [2.05, 4.69) is 4.98 Å². The average Bonchev–Trinajstić information content (AvgIpc) is 2.91. The summed E-state index contributed by atoms with van der Waals surface area (Å²) in [6, 6.07) is 5.81. The Bertz CT molecular complexity index is 1080. The van der Waals surface area contributed by atoms with Gasteiger partial charge in [0.25, 0.3) is 5.56 Å². The Morgan fingerprint density at radius 2 is 2.12 bits per heavy atom. The number of pyridine rings is 1. The van der Waals surface area contributed by atoms with Crippen molar-refractivity contribution in [1.29, 1.82) is 0 Å². The molecule has 0 spiro atoms. The number of aromatic nitrogens is 2. The van der Waals surface area contributed by atoms with E-state index in [1.54, 1.807) is 0 Å². The predicted molar refractivity (Wildman–Crippen MR) is 91.4 cm³/mol. The zero-order valence-corrected chi connectivity index (χ0v) is 13.5. The zero-order valence-electron chi connectivity index (χ0n) is 13.5. The van der Waals surface area contributed by atoms with Crippen molar-refractivity contribution < 1.29 is 19.7 Å². The second kappa shape index (κ2) is 5.41. The van der Waals surface area contributed by atoms with Crippen LogP contribution in [0.5, 0.6) is 11.5 Å². The molecule has 0 fully saturated rings. The van der Waals surface area contributed by atoms with Crippen molar-refractivity contribution in [3.63, 3.8) is 0 Å². The van der Waals surface area contributed by atoms with Crippen LogP contribution in [0.15, 0.2) is 29.2 Å². The van der Waals surface area contributed by atoms with Crippen molar-refractivity contribution in [2.24, 2.45) is 7.05 Å². The maximum atomic E-state index is 12.2. The molecule has 4 rings (SSSR count). The third-order valence-corrected chi connectivity index (χ3v) is 4.62. The molecule has 0 saturated heterocycles. The van der Waals surface area contributed by atoms with Gasteiger partial charge in [-0.15, -0.1) is 0 Å². The van der Waals surface area contributed by atoms with E-state index >= 15 is 0 Å². The number of aromatic carboxylic acids is 1. The van der Waals surface area contributed by atoms with E-state index < -0.39 is 22.8 Å². The minimum Gasteiger partial charge on any atom is -0.503 e. The van der Waals surface area contributed by atoms with Gasteiger partial charge in [0.05, 0.1) is 12.3 Å². The molecule has 3 heterocycles. The molecule has 0 atom stereocenters. The molecule has 0 saturated carbocycles. The molecule has 7 nitrogen and oxygen atoms in total. The lowest BCUT2D eigenvalue weighted by atomic mass is 9.94. The van der Waals surface area contributed by atoms with Crippen LogP contribution in [0.3, 0.4) is 0 Å². The van der Waals surface area contributed by atoms with Crippen molar-refractivity contribution >= 4 is 16.9 Å². The Morgan fingerprint density at radius 3 is 2.88 bits per heavy atom. The minimum absolute atomic E-state index is 0.00762. The molecule has 1 aliphatic rings. The van der Waals surface area contributed by atoms with Crippen LogP contribution in [0.25, 0.3) is 22.2 Å². The van der Waals surface area contributed by atoms with Gasteiger partial charge in [-0.05, 0) is 30.5 Å². The lowest BCUT2D eigenvalue weighted by molar-refractivity contribution is 0.0690. The standard InChI is InChI=1S/C18H16N2O5/c1-20-7-6-10-9-3-2-8-25-16-14(11(9)4-5-12(10)20)19-17(22)13(15(16)21)18(23)24/h4-7H,2-3,8H2,1H3,(H,23,24)(H2,19,21,22). The zero-order chi connectivity index (χ0) is 17.7. The summed E-state index contributed by atoms with van der Waals surface area (Å²) in [7, 11) is 1.96. The number of hydrogen-bond acceptors (Lipinski definition) is 4. The number of nitrogens with one attached hydrogen (secondary N) is 1. The number of aromatic amines is 1. The monoisotopic (exact) mass is 340 g/mol. The van der Waals surface area contributed by atoms with Gasteiger partial charge in [0.1, 0.15) is 0 Å². The first-order chi connectivity index (χ1) is 12.0. The van der Waals surface area contributed by atoms with Crippen LogP contribution in [0, 0.1) is 0 Å². The van der Waals surface area contributed by atoms with Gasteiger partial charge in [-0.3, -0.25) is 4.79 Å². The quantitative estimate of drug-likeness (QED) is 0.630. The van der Waals surface area contributed by atoms with Gasteiger partial charge in [0, 0.05) is 29.7 Å². The number of benzene rings is 1. The summed E-state index contributed by atoms with van der Waals surface area (Å²) >= 11 is 0. The van der Waals surface area contributed by atoms with Crippen molar-refractivity contribution in [2.45, 2.75) is 12.8 Å². The first kappa shape index (κ1) is 15.3. The molecule has 3 N–H and O–H groups in total. The number of nitrogens with zero attached hydrogens (tertiary/aromatic N) is 1. The number of H-pyrrole nitrogens is 1. The topological polar surface area (TPSA) is 105 Å². The highest BCUT2D eigenvalue weighted by atomic mass is 16.5. The molecule has 1 aromatic carbocycles. The van der Waals surface area contributed by atoms with Gasteiger partial charge in [0.15, 0.2) is 17.1 Å². The molecular weight excluding hydrogens is 324 g/mol. The summed E-state index contributed by atoms with van der Waals surface area (Å²) in [4.78, 5) is 26.0. The van der Waals surface area contributed by atoms with Crippen molar-refractivity contribution in [1.82, 2.24) is 9.55 Å². The normalized spacial score (nSPS) is 13.5. The highest BCUT2D eigenvalue weighted by Gasteiger charge is 2.26. The van der Waals surface area contributed by atoms with E-state index in [1.165, 1.54) is 0 Å². The van der Waals surface area contributed by atoms with Gasteiger partial charge >= 0.3 is 5.97 Å². The summed E-state index contributed by atoms with van der Waals surface area (Å²) in [5.41, 5.74) is 1.59. The first-order valence-electron chi connectivity index (χ1n) is 7.91. The number of hydrogen-bond donors (Lipinski definition) is 3. The molecule has 2 aromatic heterocycles. The summed E-state index contributed by atoms with van der Waals surface area (Å²) in [6.45, 7) is 0.314. The summed E-state index contributed by atoms with van der Waals surface area (Å²) < 4.78 is 7.60. The predicted octanol–water partition coefficient (Wildman–Crippen LogP) is 2.26. The average molecular weight is 340 g/mol. The van der Waals surface area contributed by atoms with E-state index in [1.807, 2.05) is 36.0 Å². The number of aromatic hydroxyl groups is 1. The molecule has 7 heteroatoms. The van der Waals surface area contributed by atoms with Gasteiger partial charge in [-0.2, -0.15) is 0 Å². The van der Waals surface area contributed by atoms with Crippen LogP contribution in [-0.2, 0) is 13.5 Å². The van der Waals surface area contributed by atoms with Crippen LogP contribution in [0.4, 0.5) is 0 Å². The highest BCUT2D eigenvalue weighted by molar-refractivity contribution is 5.95. The fourth-order valence-electron chi connectivity index (χ4n) is 3.44. The highest BCUT2D eigenvalue weighted by Crippen LogP contribution is 2.41. The molecule has 0 aliphatic carbocycles. The van der Waals surface area contributed by atoms with Gasteiger partial charge < -0.3 is 24.5 Å². The Morgan fingerprint density at radius 1 is 1.32 bits per heavy atom. The molecule has 0 unspecified atom stereocenters. The van der Waals surface area contributed by atoms with E-state index in [9.17, 15) is 19.8 Å². The maximum Gasteiger partial charge on any atom is 0.345 e. The Balaban J connectivity index is 2.08. The van der Waals surface area contributed by atoms with Gasteiger partial charge in [0.2, 0.25) is 0 Å². The summed E-state index contributed by atoms with van der Waals surface area (Å²) in [5.74, 6) is -2.12. The molecular formula is C18H16N2O5. The first-order valence-corrected chi connectivity index (χ1v) is 7.91. The van der Waals surface area contributed by atoms with Crippen molar-refractivity contribution in [3.8, 4) is 22.8 Å². The molecule has 3 aromatic rings. The minimum atomic E-state index is -1.49. The van der Waals surface area contributed by atoms with E-state index in [0.29, 0.717) is 18.7 Å². The molecule has 0 radical (unpaired) electrons. The molecule has 128 valence electrons. The van der Waals surface area contributed by atoms with E-state index in [0.717, 1.165) is 28.5 Å². The number of carboxylic acid groups (broad SMARTS) is 1. The molecule has 0 bridgehead atoms. The lowest BCUT2D eigenvalue weighted by Gasteiger charge is -2.20. The lowest BCUT2D eigenvalue weighted by Crippen LogP contribution is -2.20. The molecule has 1 aliphatic heterocycles. The van der Waals surface area contributed by atoms with Crippen molar-refractivity contribution in [3.05, 3.63) is 45.9 Å². The number of ether oxygens (including phenoxy) is 1. The smallest absolute Gasteiger partial charge is 0.345 e. The SMILES string of the molecule is Cn1ccc2c3c(ccc21)-c1[nH]c(=O)c(C(=O)O)c(O)c1OCCC3. The second-order valence-electron chi connectivity index (χ2n) is 6.09. The van der Waals surface area contributed by atoms with Crippen LogP contribution in [-0.4, -0.2) is 32.3 Å². The number of aryl methyl sites for hydroxylation is 2. The third-order valence-electron chi connectivity index (χ3n) is 4.62. The number of fused-ring (bicyclic) bond motifs is 5. The van der Waals surface area contributed by atoms with Crippen LogP contribution in [0.2, 0.25) is 0 Å². The maximum absolute atomic E-state index is 12.2. The fourth-order valence-corrected chi connectivity index (χ4v) is 3.44. The van der Waals surface area contributed by atoms with Crippen LogP contribution >= 0.6 is 0 Å². The van der Waals surface area contributed by atoms with E-state index in [4.69, 9.17) is 4.74 Å². The Hall–Kier alpha value is -3.22. The number of rotatable bonds is 1. The Kier molecular flexibility index (Phi) is 3.31. The Labute approximate surface area is 142 Å². The number of carboxylic acids is 1. The van der Waals surface area contributed by atoms with Crippen LogP contribution in [0.1, 0.15) is 22.3 Å². The second-order valence-corrected chi connectivity index (χ2v) is 6.09. The fraction of sp³-hybridized carbons (Fsp3) is 0.222. The van der Waals surface area contributed by atoms with E-state index in [-0.39, 0.29) is 5.75 Å². The van der Waals surface area contributed by atoms with Crippen molar-refractivity contribution in [2.75, 3.05) is 6.61 Å². The largest absolute Gasteiger partial charge is 0.503 e. The summed E-state index contributed by atoms with van der Waals surface area (Å²) in [6.07, 6.45) is 3.43. The van der Waals surface area contributed by atoms with Crippen LogP contribution < -0.4 is 10.3 Å². The number of carbonyl (C=O) groups is 1. The summed E-state index contributed by atoms with van der Waals surface area (Å²) in [5, 5.41) is 20.6. The third kappa shape index (κ3) is 2.20. The molecule has 25 heavy (non-hydrogen) atoms. The van der Waals surface area contributed by atoms with Gasteiger partial charge in [-0.1, -0.05) is 6.07 Å². The molecule has 0 amide bonds.